The molecule has 1 aromatic heterocycles. The van der Waals surface area contributed by atoms with Gasteiger partial charge in [-0.25, -0.2) is 4.98 Å². The molecule has 0 saturated carbocycles. The number of nitrogens with zero attached hydrogens (tertiary/aromatic N) is 2. The van der Waals surface area contributed by atoms with Crippen LogP contribution in [0.3, 0.4) is 0 Å². The molecule has 5 heteroatoms. The lowest BCUT2D eigenvalue weighted by atomic mass is 10.1. The maximum absolute atomic E-state index is 12.4. The fourth-order valence-corrected chi connectivity index (χ4v) is 2.56. The first-order chi connectivity index (χ1) is 11.1. The predicted molar refractivity (Wildman–Crippen MR) is 90.2 cm³/mol. The van der Waals surface area contributed by atoms with E-state index in [4.69, 9.17) is 4.74 Å². The van der Waals surface area contributed by atoms with Crippen LogP contribution in [0.25, 0.3) is 0 Å². The van der Waals surface area contributed by atoms with Gasteiger partial charge in [-0.1, -0.05) is 12.1 Å². The standard InChI is InChI=1S/C18H21N3O2/c1-13-4-3-5-16(14(13)2)20-15-6-7-17(19-12-15)18(22)21-8-10-23-11-9-21/h3-7,12,20H,8-11H2,1-2H3. The van der Waals surface area contributed by atoms with Gasteiger partial charge in [0.25, 0.3) is 5.91 Å². The molecule has 3 rings (SSSR count). The van der Waals surface area contributed by atoms with Gasteiger partial charge in [-0.05, 0) is 43.2 Å². The molecule has 1 aliphatic heterocycles. The average Bonchev–Trinajstić information content (AvgIpc) is 2.60. The summed E-state index contributed by atoms with van der Waals surface area (Å²) >= 11 is 0. The van der Waals surface area contributed by atoms with E-state index in [2.05, 4.69) is 30.2 Å². The lowest BCUT2D eigenvalue weighted by molar-refractivity contribution is 0.0299. The van der Waals surface area contributed by atoms with Crippen LogP contribution in [0.1, 0.15) is 21.6 Å². The van der Waals surface area contributed by atoms with E-state index in [1.165, 1.54) is 11.1 Å². The van der Waals surface area contributed by atoms with Gasteiger partial charge >= 0.3 is 0 Å². The van der Waals surface area contributed by atoms with Crippen LogP contribution in [0.2, 0.25) is 0 Å². The first kappa shape index (κ1) is 15.5. The fourth-order valence-electron chi connectivity index (χ4n) is 2.56. The van der Waals surface area contributed by atoms with Gasteiger partial charge < -0.3 is 15.0 Å². The lowest BCUT2D eigenvalue weighted by Gasteiger charge is -2.26. The number of carbonyl (C=O) groups excluding carboxylic acids is 1. The molecule has 120 valence electrons. The Hall–Kier alpha value is -2.40. The maximum Gasteiger partial charge on any atom is 0.272 e. The summed E-state index contributed by atoms with van der Waals surface area (Å²) in [5.74, 6) is -0.0356. The average molecular weight is 311 g/mol. The van der Waals surface area contributed by atoms with Crippen molar-refractivity contribution in [3.63, 3.8) is 0 Å². The first-order valence-electron chi connectivity index (χ1n) is 7.81. The van der Waals surface area contributed by atoms with Crippen LogP contribution in [0.5, 0.6) is 0 Å². The fraction of sp³-hybridized carbons (Fsp3) is 0.333. The Bertz CT molecular complexity index is 692. The Morgan fingerprint density at radius 2 is 1.96 bits per heavy atom. The second-order valence-electron chi connectivity index (χ2n) is 5.71. The maximum atomic E-state index is 12.4. The molecule has 0 spiro atoms. The van der Waals surface area contributed by atoms with Crippen molar-refractivity contribution in [1.29, 1.82) is 0 Å². The molecule has 0 bridgehead atoms. The Kier molecular flexibility index (Phi) is 4.57. The Morgan fingerprint density at radius 1 is 1.17 bits per heavy atom. The summed E-state index contributed by atoms with van der Waals surface area (Å²) in [6.45, 7) is 6.62. The Labute approximate surface area is 136 Å². The van der Waals surface area contributed by atoms with Gasteiger partial charge in [-0.2, -0.15) is 0 Å². The third-order valence-electron chi connectivity index (χ3n) is 4.16. The minimum Gasteiger partial charge on any atom is -0.378 e. The largest absolute Gasteiger partial charge is 0.378 e. The molecule has 23 heavy (non-hydrogen) atoms. The van der Waals surface area contributed by atoms with E-state index < -0.39 is 0 Å². The summed E-state index contributed by atoms with van der Waals surface area (Å²) < 4.78 is 5.27. The summed E-state index contributed by atoms with van der Waals surface area (Å²) in [4.78, 5) is 18.4. The molecule has 0 aliphatic carbocycles. The van der Waals surface area contributed by atoms with Crippen LogP contribution in [0.4, 0.5) is 11.4 Å². The zero-order chi connectivity index (χ0) is 16.2. The lowest BCUT2D eigenvalue weighted by Crippen LogP contribution is -2.41. The van der Waals surface area contributed by atoms with Crippen molar-refractivity contribution in [1.82, 2.24) is 9.88 Å². The molecule has 1 aromatic carbocycles. The highest BCUT2D eigenvalue weighted by Gasteiger charge is 2.19. The van der Waals surface area contributed by atoms with Gasteiger partial charge in [-0.3, -0.25) is 4.79 Å². The van der Waals surface area contributed by atoms with Gasteiger partial charge in [0.2, 0.25) is 0 Å². The number of aromatic nitrogens is 1. The van der Waals surface area contributed by atoms with Crippen molar-refractivity contribution in [3.05, 3.63) is 53.3 Å². The highest BCUT2D eigenvalue weighted by Crippen LogP contribution is 2.22. The molecule has 2 heterocycles. The second-order valence-corrected chi connectivity index (χ2v) is 5.71. The number of amides is 1. The van der Waals surface area contributed by atoms with Gasteiger partial charge in [0.05, 0.1) is 25.1 Å². The number of hydrogen-bond acceptors (Lipinski definition) is 4. The van der Waals surface area contributed by atoms with Crippen LogP contribution >= 0.6 is 0 Å². The van der Waals surface area contributed by atoms with Crippen molar-refractivity contribution in [2.75, 3.05) is 31.6 Å². The molecule has 1 saturated heterocycles. The number of rotatable bonds is 3. The molecule has 5 nitrogen and oxygen atoms in total. The van der Waals surface area contributed by atoms with E-state index in [1.807, 2.05) is 18.2 Å². The van der Waals surface area contributed by atoms with Crippen LogP contribution in [0, 0.1) is 13.8 Å². The highest BCUT2D eigenvalue weighted by atomic mass is 16.5. The van der Waals surface area contributed by atoms with E-state index >= 15 is 0 Å². The van der Waals surface area contributed by atoms with Gasteiger partial charge in [0.1, 0.15) is 5.69 Å². The zero-order valence-electron chi connectivity index (χ0n) is 13.5. The number of hydrogen-bond donors (Lipinski definition) is 1. The van der Waals surface area contributed by atoms with E-state index in [0.29, 0.717) is 32.0 Å². The molecular weight excluding hydrogens is 290 g/mol. The van der Waals surface area contributed by atoms with Crippen molar-refractivity contribution in [2.24, 2.45) is 0 Å². The van der Waals surface area contributed by atoms with Crippen molar-refractivity contribution in [3.8, 4) is 0 Å². The quantitative estimate of drug-likeness (QED) is 0.947. The topological polar surface area (TPSA) is 54.5 Å². The van der Waals surface area contributed by atoms with Crippen molar-refractivity contribution in [2.45, 2.75) is 13.8 Å². The molecule has 0 unspecified atom stereocenters. The number of morpholine rings is 1. The first-order valence-corrected chi connectivity index (χ1v) is 7.81. The van der Waals surface area contributed by atoms with Crippen LogP contribution in [-0.2, 0) is 4.74 Å². The molecular formula is C18H21N3O2. The van der Waals surface area contributed by atoms with Crippen molar-refractivity contribution >= 4 is 17.3 Å². The third-order valence-corrected chi connectivity index (χ3v) is 4.16. The second kappa shape index (κ2) is 6.79. The normalized spacial score (nSPS) is 14.6. The van der Waals surface area contributed by atoms with E-state index in [-0.39, 0.29) is 5.91 Å². The van der Waals surface area contributed by atoms with E-state index in [0.717, 1.165) is 11.4 Å². The van der Waals surface area contributed by atoms with Gasteiger partial charge in [0, 0.05) is 18.8 Å². The molecule has 0 atom stereocenters. The van der Waals surface area contributed by atoms with Gasteiger partial charge in [-0.15, -0.1) is 0 Å². The number of pyridine rings is 1. The Morgan fingerprint density at radius 3 is 2.65 bits per heavy atom. The SMILES string of the molecule is Cc1cccc(Nc2ccc(C(=O)N3CCOCC3)nc2)c1C. The van der Waals surface area contributed by atoms with Crippen LogP contribution in [-0.4, -0.2) is 42.1 Å². The minimum atomic E-state index is -0.0356. The summed E-state index contributed by atoms with van der Waals surface area (Å²) in [6, 6.07) is 9.81. The predicted octanol–water partition coefficient (Wildman–Crippen LogP) is 2.91. The molecule has 1 amide bonds. The number of aryl methyl sites for hydroxylation is 1. The summed E-state index contributed by atoms with van der Waals surface area (Å²) in [5, 5.41) is 3.35. The molecule has 1 fully saturated rings. The number of carbonyl (C=O) groups is 1. The number of nitrogens with one attached hydrogen (secondary N) is 1. The summed E-state index contributed by atoms with van der Waals surface area (Å²) in [5.41, 5.74) is 4.85. The Balaban J connectivity index is 1.71. The molecule has 0 radical (unpaired) electrons. The summed E-state index contributed by atoms with van der Waals surface area (Å²) in [7, 11) is 0. The van der Waals surface area contributed by atoms with Crippen LogP contribution in [0.15, 0.2) is 36.5 Å². The highest BCUT2D eigenvalue weighted by molar-refractivity contribution is 5.92. The molecule has 1 aliphatic rings. The zero-order valence-corrected chi connectivity index (χ0v) is 13.5. The number of benzene rings is 1. The van der Waals surface area contributed by atoms with Crippen molar-refractivity contribution < 1.29 is 9.53 Å². The van der Waals surface area contributed by atoms with E-state index in [9.17, 15) is 4.79 Å². The molecule has 1 N–H and O–H groups in total. The summed E-state index contributed by atoms with van der Waals surface area (Å²) in [6.07, 6.45) is 1.70. The number of ether oxygens (including phenoxy) is 1. The van der Waals surface area contributed by atoms with E-state index in [1.54, 1.807) is 17.2 Å². The monoisotopic (exact) mass is 311 g/mol. The number of anilines is 2. The minimum absolute atomic E-state index is 0.0356. The van der Waals surface area contributed by atoms with Gasteiger partial charge in [0.15, 0.2) is 0 Å². The smallest absolute Gasteiger partial charge is 0.272 e. The van der Waals surface area contributed by atoms with Crippen LogP contribution < -0.4 is 5.32 Å². The third kappa shape index (κ3) is 3.51. The molecule has 2 aromatic rings.